The normalized spacial score (nSPS) is 20.4. The van der Waals surface area contributed by atoms with Crippen LogP contribution in [-0.2, 0) is 31.3 Å². The fourth-order valence-electron chi connectivity index (χ4n) is 5.83. The maximum Gasteiger partial charge on any atom is 0.327 e. The molecule has 49 heavy (non-hydrogen) atoms. The number of nitrogens with one attached hydrogen (secondary N) is 2. The molecule has 4 heterocycles. The Kier molecular flexibility index (Phi) is 10.3. The first kappa shape index (κ1) is 35.8. The summed E-state index contributed by atoms with van der Waals surface area (Å²) in [6.45, 7) is 7.40. The van der Waals surface area contributed by atoms with E-state index in [9.17, 15) is 29.1 Å². The quantitative estimate of drug-likeness (QED) is 0.125. The number of phenols is 1. The van der Waals surface area contributed by atoms with Crippen LogP contribution in [0.25, 0.3) is 11.0 Å². The van der Waals surface area contributed by atoms with Gasteiger partial charge in [-0.15, -0.1) is 11.8 Å². The topological polar surface area (TPSA) is 216 Å². The second kappa shape index (κ2) is 14.2. The van der Waals surface area contributed by atoms with Gasteiger partial charge in [-0.25, -0.2) is 4.79 Å². The fourth-order valence-corrected chi connectivity index (χ4v) is 8.55. The van der Waals surface area contributed by atoms with Crippen LogP contribution in [-0.4, -0.2) is 88.8 Å². The first-order valence-electron chi connectivity index (χ1n) is 15.2. The maximum atomic E-state index is 12.7. The highest BCUT2D eigenvalue weighted by molar-refractivity contribution is 8.01. The van der Waals surface area contributed by atoms with Crippen LogP contribution in [0.15, 0.2) is 53.8 Å². The number of methoxy groups -OCH3 is 2. The summed E-state index contributed by atoms with van der Waals surface area (Å²) >= 11 is 0.0247. The number of carbonyl (C=O) groups excluding carboxylic acids is 2. The van der Waals surface area contributed by atoms with E-state index in [0.29, 0.717) is 16.5 Å². The number of carboxylic acids is 1. The number of aromatic hydroxyl groups is 1. The molecule has 4 aromatic rings. The number of aromatic nitrogens is 3. The van der Waals surface area contributed by atoms with Crippen LogP contribution in [0.5, 0.6) is 17.2 Å². The predicted octanol–water partition coefficient (Wildman–Crippen LogP) is 2.92. The van der Waals surface area contributed by atoms with Gasteiger partial charge >= 0.3 is 11.1 Å². The number of amides is 2. The minimum atomic E-state index is -1.33. The zero-order valence-electron chi connectivity index (χ0n) is 27.7. The van der Waals surface area contributed by atoms with Gasteiger partial charge in [0.2, 0.25) is 11.8 Å². The van der Waals surface area contributed by atoms with E-state index in [1.165, 1.54) is 40.9 Å². The van der Waals surface area contributed by atoms with Crippen molar-refractivity contribution >= 4 is 51.8 Å². The summed E-state index contributed by atoms with van der Waals surface area (Å²) < 4.78 is 22.6. The van der Waals surface area contributed by atoms with Gasteiger partial charge in [-0.1, -0.05) is 12.1 Å². The Bertz CT molecular complexity index is 1880. The highest BCUT2D eigenvalue weighted by atomic mass is 32.2. The van der Waals surface area contributed by atoms with E-state index >= 15 is 0 Å². The van der Waals surface area contributed by atoms with Crippen molar-refractivity contribution in [2.75, 3.05) is 14.2 Å². The summed E-state index contributed by atoms with van der Waals surface area (Å²) in [6.07, 6.45) is 1.74. The molecule has 5 atom stereocenters. The number of thioether (sulfide) groups is 1. The second-order valence-electron chi connectivity index (χ2n) is 12.1. The lowest BCUT2D eigenvalue weighted by atomic mass is 9.95. The molecule has 2 amide bonds. The molecule has 0 saturated carbocycles. The lowest BCUT2D eigenvalue weighted by Crippen LogP contribution is -2.71. The van der Waals surface area contributed by atoms with Gasteiger partial charge in [0.05, 0.1) is 30.9 Å². The van der Waals surface area contributed by atoms with Gasteiger partial charge in [-0.3, -0.25) is 19.6 Å². The van der Waals surface area contributed by atoms with Gasteiger partial charge in [-0.05, 0) is 57.5 Å². The number of carboxylic acid groups (broad SMARTS) is 1. The number of imidazole rings is 1. The standard InChI is InChI=1S/C17H19N3O3S.C16H19N3O5S/c1-10-8-18-15(11(2)16(10)23-4)9-24(21)17-19-13-6-5-12(22-3)7-14(13)20-17;1-16(2)11(15(23)24)19-13(22)10(14(19)25-16)18-12(21)9(17)7-3-5-8(20)6-4-7/h5-8H,9H2,1-4H3,(H,19,20);3-6,9-11,14,20H,17H2,1-2H3,(H,18,21)(H,23,24)/t;9-,10-,11+,14-/m.1/s1. The number of carbonyl (C=O) groups is 3. The summed E-state index contributed by atoms with van der Waals surface area (Å²) in [4.78, 5) is 49.4. The van der Waals surface area contributed by atoms with Gasteiger partial charge in [0.25, 0.3) is 0 Å². The molecule has 1 unspecified atom stereocenters. The number of aryl methyl sites for hydroxylation is 1. The van der Waals surface area contributed by atoms with Crippen molar-refractivity contribution in [1.82, 2.24) is 25.2 Å². The summed E-state index contributed by atoms with van der Waals surface area (Å²) in [5, 5.41) is 21.3. The molecule has 6 rings (SSSR count). The van der Waals surface area contributed by atoms with E-state index in [2.05, 4.69) is 20.3 Å². The lowest BCUT2D eigenvalue weighted by Gasteiger charge is -2.43. The number of phenolic OH excluding ortho intramolecular Hbond substituents is 1. The number of aromatic amines is 1. The second-order valence-corrected chi connectivity index (χ2v) is 15.3. The fraction of sp³-hybridized carbons (Fsp3) is 0.364. The van der Waals surface area contributed by atoms with E-state index in [4.69, 9.17) is 15.2 Å². The summed E-state index contributed by atoms with van der Waals surface area (Å²) in [5.41, 5.74) is 10.6. The predicted molar refractivity (Wildman–Crippen MR) is 184 cm³/mol. The number of pyridine rings is 1. The largest absolute Gasteiger partial charge is 0.609 e. The minimum Gasteiger partial charge on any atom is -0.609 e. The SMILES string of the molecule is CC1(C)S[C@@H]2[C@H](NC(=O)[C@H](N)c3ccc(O)cc3)C(=O)N2[C@H]1C(=O)O.COc1ccc2[nH]c([S+]([O-])Cc3ncc(C)c(OC)c3C)nc2c1. The van der Waals surface area contributed by atoms with Gasteiger partial charge in [0, 0.05) is 39.3 Å². The summed E-state index contributed by atoms with van der Waals surface area (Å²) in [6, 6.07) is 8.71. The van der Waals surface area contributed by atoms with Crippen molar-refractivity contribution in [3.63, 3.8) is 0 Å². The Morgan fingerprint density at radius 2 is 1.88 bits per heavy atom. The van der Waals surface area contributed by atoms with Crippen molar-refractivity contribution in [2.24, 2.45) is 5.73 Å². The third-order valence-electron chi connectivity index (χ3n) is 8.41. The number of β-lactam (4-membered cyclic amide) rings is 1. The van der Waals surface area contributed by atoms with E-state index in [1.807, 2.05) is 32.0 Å². The number of benzene rings is 2. The third-order valence-corrected chi connectivity index (χ3v) is 11.1. The molecule has 260 valence electrons. The molecule has 16 heteroatoms. The van der Waals surface area contributed by atoms with Gasteiger partial charge < -0.3 is 40.2 Å². The number of aliphatic carboxylic acids is 1. The Morgan fingerprint density at radius 1 is 1.18 bits per heavy atom. The molecular formula is C33H38N6O8S2. The molecule has 0 bridgehead atoms. The molecule has 0 radical (unpaired) electrons. The molecule has 0 aliphatic carbocycles. The molecule has 0 spiro atoms. The average Bonchev–Trinajstić information content (AvgIpc) is 3.61. The number of H-pyrrole nitrogens is 1. The molecule has 2 aliphatic heterocycles. The Labute approximate surface area is 290 Å². The molecule has 2 aromatic carbocycles. The van der Waals surface area contributed by atoms with Crippen LogP contribution in [0.2, 0.25) is 0 Å². The smallest absolute Gasteiger partial charge is 0.327 e. The highest BCUT2D eigenvalue weighted by Crippen LogP contribution is 2.50. The molecule has 2 aliphatic rings. The Hall–Kier alpha value is -4.51. The number of ether oxygens (including phenoxy) is 2. The van der Waals surface area contributed by atoms with Gasteiger partial charge in [0.1, 0.15) is 40.7 Å². The van der Waals surface area contributed by atoms with Crippen molar-refractivity contribution in [3.8, 4) is 17.2 Å². The van der Waals surface area contributed by atoms with Crippen LogP contribution >= 0.6 is 11.8 Å². The van der Waals surface area contributed by atoms with E-state index in [1.54, 1.807) is 34.3 Å². The molecule has 2 saturated heterocycles. The molecule has 14 nitrogen and oxygen atoms in total. The summed E-state index contributed by atoms with van der Waals surface area (Å²) in [7, 11) is 3.23. The number of hydrogen-bond donors (Lipinski definition) is 5. The van der Waals surface area contributed by atoms with Crippen molar-refractivity contribution in [3.05, 3.63) is 71.0 Å². The summed E-state index contributed by atoms with van der Waals surface area (Å²) in [5.74, 6) is -0.162. The zero-order chi connectivity index (χ0) is 35.8. The Balaban J connectivity index is 0.000000191. The molecular weight excluding hydrogens is 673 g/mol. The van der Waals surface area contributed by atoms with Gasteiger partial charge in [-0.2, -0.15) is 4.98 Å². The number of nitrogens with two attached hydrogens (primary N) is 1. The lowest BCUT2D eigenvalue weighted by molar-refractivity contribution is -0.161. The maximum absolute atomic E-state index is 12.7. The average molecular weight is 711 g/mol. The van der Waals surface area contributed by atoms with E-state index in [0.717, 1.165) is 33.6 Å². The number of hydrogen-bond acceptors (Lipinski definition) is 11. The van der Waals surface area contributed by atoms with Crippen LogP contribution in [0, 0.1) is 13.8 Å². The van der Waals surface area contributed by atoms with Gasteiger partial charge in [0.15, 0.2) is 5.75 Å². The van der Waals surface area contributed by atoms with E-state index in [-0.39, 0.29) is 11.5 Å². The van der Waals surface area contributed by atoms with Crippen LogP contribution < -0.4 is 20.5 Å². The first-order valence-corrected chi connectivity index (χ1v) is 17.4. The minimum absolute atomic E-state index is 0.0606. The molecule has 2 fully saturated rings. The van der Waals surface area contributed by atoms with E-state index < -0.39 is 57.2 Å². The monoisotopic (exact) mass is 710 g/mol. The van der Waals surface area contributed by atoms with Crippen LogP contribution in [0.4, 0.5) is 0 Å². The van der Waals surface area contributed by atoms with Crippen LogP contribution in [0.3, 0.4) is 0 Å². The van der Waals surface area contributed by atoms with Crippen molar-refractivity contribution in [1.29, 1.82) is 0 Å². The van der Waals surface area contributed by atoms with Crippen LogP contribution in [0.1, 0.15) is 42.3 Å². The van der Waals surface area contributed by atoms with Crippen molar-refractivity contribution < 1.29 is 38.6 Å². The molecule has 6 N–H and O–H groups in total. The molecule has 2 aromatic heterocycles. The number of nitrogens with zero attached hydrogens (tertiary/aromatic N) is 3. The van der Waals surface area contributed by atoms with Crippen molar-refractivity contribution in [2.45, 2.75) is 66.9 Å². The number of fused-ring (bicyclic) bond motifs is 2. The number of rotatable bonds is 9. The first-order chi connectivity index (χ1) is 23.2. The third kappa shape index (κ3) is 7.13. The Morgan fingerprint density at radius 3 is 2.51 bits per heavy atom. The zero-order valence-corrected chi connectivity index (χ0v) is 29.3. The highest BCUT2D eigenvalue weighted by Gasteiger charge is 2.64.